The number of hydrogen-bond acceptors (Lipinski definition) is 3. The minimum absolute atomic E-state index is 0.167. The maximum absolute atomic E-state index is 13.4. The van der Waals surface area contributed by atoms with Crippen LogP contribution in [0.5, 0.6) is 0 Å². The van der Waals surface area contributed by atoms with E-state index in [4.69, 9.17) is 0 Å². The van der Waals surface area contributed by atoms with Crippen molar-refractivity contribution in [2.24, 2.45) is 17.8 Å². The Balaban J connectivity index is 1.31. The second-order valence-corrected chi connectivity index (χ2v) is 10.6. The molecule has 2 aliphatic heterocycles. The molecule has 2 fully saturated rings. The van der Waals surface area contributed by atoms with Gasteiger partial charge < -0.3 is 14.9 Å². The summed E-state index contributed by atoms with van der Waals surface area (Å²) in [6, 6.07) is 6.71. The van der Waals surface area contributed by atoms with E-state index in [1.807, 2.05) is 0 Å². The second-order valence-electron chi connectivity index (χ2n) is 10.6. The van der Waals surface area contributed by atoms with Crippen molar-refractivity contribution in [3.05, 3.63) is 29.3 Å². The van der Waals surface area contributed by atoms with Gasteiger partial charge in [-0.3, -0.25) is 9.59 Å². The fourth-order valence-electron chi connectivity index (χ4n) is 6.14. The fraction of sp³-hybridized carbons (Fsp3) is 0.714. The van der Waals surface area contributed by atoms with E-state index >= 15 is 0 Å². The van der Waals surface area contributed by atoms with Crippen LogP contribution in [0.25, 0.3) is 0 Å². The van der Waals surface area contributed by atoms with E-state index in [9.17, 15) is 14.7 Å². The maximum atomic E-state index is 13.4. The third kappa shape index (κ3) is 6.17. The number of amides is 1. The minimum Gasteiger partial charge on any atom is -0.481 e. The molecular weight excluding hydrogens is 412 g/mol. The first-order valence-electron chi connectivity index (χ1n) is 13.4. The monoisotopic (exact) mass is 454 g/mol. The molecule has 0 radical (unpaired) electrons. The van der Waals surface area contributed by atoms with E-state index in [1.54, 1.807) is 0 Å². The van der Waals surface area contributed by atoms with Gasteiger partial charge in [-0.15, -0.1) is 0 Å². The lowest BCUT2D eigenvalue weighted by Gasteiger charge is -2.35. The highest BCUT2D eigenvalue weighted by Gasteiger charge is 2.32. The van der Waals surface area contributed by atoms with Crippen molar-refractivity contribution >= 4 is 17.6 Å². The molecule has 1 N–H and O–H groups in total. The van der Waals surface area contributed by atoms with Crippen molar-refractivity contribution < 1.29 is 14.7 Å². The molecule has 0 spiro atoms. The van der Waals surface area contributed by atoms with Crippen molar-refractivity contribution in [2.45, 2.75) is 84.0 Å². The Labute approximate surface area is 199 Å². The molecule has 1 amide bonds. The number of hydrogen-bond donors (Lipinski definition) is 1. The number of nitrogens with zero attached hydrogens (tertiary/aromatic N) is 2. The smallest absolute Gasteiger partial charge is 0.306 e. The van der Waals surface area contributed by atoms with Crippen molar-refractivity contribution in [2.75, 3.05) is 31.1 Å². The van der Waals surface area contributed by atoms with Gasteiger partial charge in [0.25, 0.3) is 0 Å². The van der Waals surface area contributed by atoms with Gasteiger partial charge in [0.05, 0.1) is 5.92 Å². The summed E-state index contributed by atoms with van der Waals surface area (Å²) in [5, 5.41) is 9.18. The summed E-state index contributed by atoms with van der Waals surface area (Å²) in [4.78, 5) is 29.1. The summed E-state index contributed by atoms with van der Waals surface area (Å²) in [7, 11) is 0. The average molecular weight is 455 g/mol. The third-order valence-electron chi connectivity index (χ3n) is 8.34. The van der Waals surface area contributed by atoms with Crippen LogP contribution in [-0.4, -0.2) is 48.1 Å². The zero-order valence-corrected chi connectivity index (χ0v) is 20.4. The summed E-state index contributed by atoms with van der Waals surface area (Å²) >= 11 is 0. The number of fused-ring (bicyclic) bond motifs is 1. The summed E-state index contributed by atoms with van der Waals surface area (Å²) in [6.07, 6.45) is 13.1. The molecule has 1 aliphatic carbocycles. The quantitative estimate of drug-likeness (QED) is 0.579. The zero-order valence-electron chi connectivity index (χ0n) is 20.4. The molecule has 5 nitrogen and oxygen atoms in total. The van der Waals surface area contributed by atoms with Crippen LogP contribution in [0.1, 0.15) is 82.3 Å². The van der Waals surface area contributed by atoms with Crippen molar-refractivity contribution in [3.8, 4) is 0 Å². The molecule has 0 bridgehead atoms. The van der Waals surface area contributed by atoms with E-state index in [2.05, 4.69) is 34.9 Å². The Kier molecular flexibility index (Phi) is 8.45. The van der Waals surface area contributed by atoms with Gasteiger partial charge in [-0.25, -0.2) is 0 Å². The lowest BCUT2D eigenvalue weighted by atomic mass is 9.79. The number of carboxylic acids is 1. The highest BCUT2D eigenvalue weighted by molar-refractivity contribution is 5.96. The van der Waals surface area contributed by atoms with Crippen LogP contribution in [0, 0.1) is 17.8 Å². The van der Waals surface area contributed by atoms with Gasteiger partial charge >= 0.3 is 5.97 Å². The van der Waals surface area contributed by atoms with Crippen LogP contribution in [0.3, 0.4) is 0 Å². The van der Waals surface area contributed by atoms with Gasteiger partial charge in [-0.1, -0.05) is 38.3 Å². The molecule has 3 aliphatic rings. The standard InChI is InChI=1S/C28H42N2O3/c1-2-3-5-21-7-10-23(11-8-21)27(31)30-16-4-6-25-20-22(9-12-26(25)30)13-17-29-18-14-24(15-19-29)28(32)33/h9,12,20-21,23-24H,2-8,10-11,13-19H2,1H3,(H,32,33). The molecule has 0 unspecified atom stereocenters. The number of benzene rings is 1. The minimum atomic E-state index is -0.645. The number of carbonyl (C=O) groups is 2. The highest BCUT2D eigenvalue weighted by Crippen LogP contribution is 2.36. The number of carbonyl (C=O) groups excluding carboxylic acids is 1. The predicted molar refractivity (Wildman–Crippen MR) is 133 cm³/mol. The molecule has 5 heteroatoms. The fourth-order valence-corrected chi connectivity index (χ4v) is 6.14. The van der Waals surface area contributed by atoms with Crippen LogP contribution in [0.4, 0.5) is 5.69 Å². The molecule has 33 heavy (non-hydrogen) atoms. The van der Waals surface area contributed by atoms with Gasteiger partial charge in [0.1, 0.15) is 0 Å². The predicted octanol–water partition coefficient (Wildman–Crippen LogP) is 5.30. The summed E-state index contributed by atoms with van der Waals surface area (Å²) < 4.78 is 0. The number of aliphatic carboxylic acids is 1. The Morgan fingerprint density at radius 1 is 1.00 bits per heavy atom. The number of aryl methyl sites for hydroxylation is 1. The maximum Gasteiger partial charge on any atom is 0.306 e. The number of piperidine rings is 1. The van der Waals surface area contributed by atoms with Crippen molar-refractivity contribution in [1.29, 1.82) is 0 Å². The van der Waals surface area contributed by atoms with E-state index < -0.39 is 5.97 Å². The Morgan fingerprint density at radius 2 is 1.76 bits per heavy atom. The van der Waals surface area contributed by atoms with Gasteiger partial charge in [0.15, 0.2) is 0 Å². The molecule has 0 atom stereocenters. The highest BCUT2D eigenvalue weighted by atomic mass is 16.4. The number of unbranched alkanes of at least 4 members (excludes halogenated alkanes) is 1. The second kappa shape index (κ2) is 11.5. The number of anilines is 1. The normalized spacial score (nSPS) is 24.5. The van der Waals surface area contributed by atoms with Crippen molar-refractivity contribution in [1.82, 2.24) is 4.90 Å². The summed E-state index contributed by atoms with van der Waals surface area (Å²) in [5.74, 6) is 0.592. The first-order chi connectivity index (χ1) is 16.0. The van der Waals surface area contributed by atoms with Crippen molar-refractivity contribution in [3.63, 3.8) is 0 Å². The molecule has 1 saturated carbocycles. The first kappa shape index (κ1) is 24.3. The Bertz CT molecular complexity index is 807. The molecule has 1 saturated heterocycles. The van der Waals surface area contributed by atoms with Crippen LogP contribution in [0.2, 0.25) is 0 Å². The largest absolute Gasteiger partial charge is 0.481 e. The van der Waals surface area contributed by atoms with Crippen LogP contribution >= 0.6 is 0 Å². The molecule has 1 aromatic rings. The number of likely N-dealkylation sites (tertiary alicyclic amines) is 1. The van der Waals surface area contributed by atoms with Crippen LogP contribution < -0.4 is 4.90 Å². The lowest BCUT2D eigenvalue weighted by molar-refractivity contribution is -0.143. The Morgan fingerprint density at radius 3 is 2.45 bits per heavy atom. The molecule has 0 aromatic heterocycles. The van der Waals surface area contributed by atoms with E-state index in [1.165, 1.54) is 43.2 Å². The summed E-state index contributed by atoms with van der Waals surface area (Å²) in [6.45, 7) is 5.86. The van der Waals surface area contributed by atoms with E-state index in [0.29, 0.717) is 5.91 Å². The molecule has 1 aromatic carbocycles. The van der Waals surface area contributed by atoms with E-state index in [-0.39, 0.29) is 11.8 Å². The van der Waals surface area contributed by atoms with Crippen LogP contribution in [-0.2, 0) is 22.4 Å². The average Bonchev–Trinajstić information content (AvgIpc) is 2.85. The first-order valence-corrected chi connectivity index (χ1v) is 13.4. The molecule has 182 valence electrons. The number of carboxylic acid groups (broad SMARTS) is 1. The third-order valence-corrected chi connectivity index (χ3v) is 8.34. The molecular formula is C28H42N2O3. The lowest BCUT2D eigenvalue weighted by Crippen LogP contribution is -2.41. The van der Waals surface area contributed by atoms with Gasteiger partial charge in [0, 0.05) is 24.7 Å². The van der Waals surface area contributed by atoms with E-state index in [0.717, 1.165) is 82.7 Å². The Hall–Kier alpha value is -1.88. The topological polar surface area (TPSA) is 60.9 Å². The van der Waals surface area contributed by atoms with Crippen LogP contribution in [0.15, 0.2) is 18.2 Å². The van der Waals surface area contributed by atoms with Gasteiger partial charge in [-0.05, 0) is 94.0 Å². The molecule has 4 rings (SSSR count). The summed E-state index contributed by atoms with van der Waals surface area (Å²) in [5.41, 5.74) is 3.80. The zero-order chi connectivity index (χ0) is 23.2. The number of rotatable bonds is 8. The SMILES string of the molecule is CCCCC1CCC(C(=O)N2CCCc3cc(CCN4CCC(C(=O)O)CC4)ccc32)CC1. The van der Waals surface area contributed by atoms with Gasteiger partial charge in [-0.2, -0.15) is 0 Å². The molecule has 2 heterocycles. The van der Waals surface area contributed by atoms with Gasteiger partial charge in [0.2, 0.25) is 5.91 Å².